The highest BCUT2D eigenvalue weighted by molar-refractivity contribution is 5.75. The molecule has 1 aliphatic rings. The van der Waals surface area contributed by atoms with Gasteiger partial charge in [0.2, 0.25) is 5.91 Å². The lowest BCUT2D eigenvalue weighted by Gasteiger charge is -2.36. The van der Waals surface area contributed by atoms with Crippen molar-refractivity contribution in [1.29, 1.82) is 0 Å². The fraction of sp³-hybridized carbons (Fsp3) is 0.846. The molecule has 110 valence electrons. The van der Waals surface area contributed by atoms with Crippen LogP contribution in [-0.4, -0.2) is 84.5 Å². The number of hydrogen-bond acceptors (Lipinski definition) is 4. The van der Waals surface area contributed by atoms with E-state index < -0.39 is 12.0 Å². The third-order valence-corrected chi connectivity index (χ3v) is 3.68. The first-order valence-corrected chi connectivity index (χ1v) is 6.81. The third kappa shape index (κ3) is 5.16. The molecule has 6 nitrogen and oxygen atoms in total. The smallest absolute Gasteiger partial charge is 0.320 e. The largest absolute Gasteiger partial charge is 0.480 e. The molecule has 1 saturated heterocycles. The monoisotopic (exact) mass is 271 g/mol. The fourth-order valence-electron chi connectivity index (χ4n) is 2.21. The van der Waals surface area contributed by atoms with Crippen molar-refractivity contribution in [2.24, 2.45) is 0 Å². The van der Waals surface area contributed by atoms with Crippen LogP contribution in [0.2, 0.25) is 0 Å². The number of carboxylic acid groups (broad SMARTS) is 1. The summed E-state index contributed by atoms with van der Waals surface area (Å²) in [4.78, 5) is 28.2. The highest BCUT2D eigenvalue weighted by atomic mass is 16.4. The number of piperazine rings is 1. The van der Waals surface area contributed by atoms with E-state index in [2.05, 4.69) is 4.90 Å². The molecular weight excluding hydrogens is 246 g/mol. The van der Waals surface area contributed by atoms with Crippen molar-refractivity contribution in [2.45, 2.75) is 25.8 Å². The zero-order valence-corrected chi connectivity index (χ0v) is 12.1. The normalized spacial score (nSPS) is 19.1. The van der Waals surface area contributed by atoms with Gasteiger partial charge in [0.25, 0.3) is 0 Å². The van der Waals surface area contributed by atoms with Gasteiger partial charge in [-0.3, -0.25) is 14.5 Å². The van der Waals surface area contributed by atoms with E-state index >= 15 is 0 Å². The number of rotatable bonds is 6. The van der Waals surface area contributed by atoms with Gasteiger partial charge < -0.3 is 14.9 Å². The SMILES string of the molecule is CC(C(=O)O)N1CCN(CCCC(=O)N(C)C)CC1. The number of aliphatic carboxylic acids is 1. The summed E-state index contributed by atoms with van der Waals surface area (Å²) < 4.78 is 0. The lowest BCUT2D eigenvalue weighted by molar-refractivity contribution is -0.143. The maximum absolute atomic E-state index is 11.4. The Morgan fingerprint density at radius 1 is 1.21 bits per heavy atom. The highest BCUT2D eigenvalue weighted by Crippen LogP contribution is 2.07. The van der Waals surface area contributed by atoms with E-state index in [0.29, 0.717) is 6.42 Å². The second-order valence-corrected chi connectivity index (χ2v) is 5.28. The van der Waals surface area contributed by atoms with Gasteiger partial charge in [-0.2, -0.15) is 0 Å². The summed E-state index contributed by atoms with van der Waals surface area (Å²) in [6, 6.07) is -0.405. The number of nitrogens with zero attached hydrogens (tertiary/aromatic N) is 3. The molecule has 19 heavy (non-hydrogen) atoms. The summed E-state index contributed by atoms with van der Waals surface area (Å²) in [6.07, 6.45) is 1.45. The third-order valence-electron chi connectivity index (χ3n) is 3.68. The molecule has 0 aliphatic carbocycles. The molecule has 1 aliphatic heterocycles. The Labute approximate surface area is 115 Å². The molecule has 0 saturated carbocycles. The summed E-state index contributed by atoms with van der Waals surface area (Å²) in [6.45, 7) is 5.98. The summed E-state index contributed by atoms with van der Waals surface area (Å²) >= 11 is 0. The molecule has 0 radical (unpaired) electrons. The van der Waals surface area contributed by atoms with Crippen LogP contribution in [0, 0.1) is 0 Å². The average molecular weight is 271 g/mol. The van der Waals surface area contributed by atoms with E-state index in [1.54, 1.807) is 25.9 Å². The van der Waals surface area contributed by atoms with Crippen LogP contribution >= 0.6 is 0 Å². The second kappa shape index (κ2) is 7.45. The zero-order valence-electron chi connectivity index (χ0n) is 12.1. The molecule has 1 unspecified atom stereocenters. The van der Waals surface area contributed by atoms with Crippen LogP contribution in [0.1, 0.15) is 19.8 Å². The molecule has 0 spiro atoms. The van der Waals surface area contributed by atoms with E-state index in [1.165, 1.54) is 0 Å². The summed E-state index contributed by atoms with van der Waals surface area (Å²) in [5.41, 5.74) is 0. The van der Waals surface area contributed by atoms with Crippen LogP contribution in [0.15, 0.2) is 0 Å². The maximum Gasteiger partial charge on any atom is 0.320 e. The number of carboxylic acids is 1. The average Bonchev–Trinajstić information content (AvgIpc) is 2.38. The Morgan fingerprint density at radius 2 is 1.79 bits per heavy atom. The predicted molar refractivity (Wildman–Crippen MR) is 73.0 cm³/mol. The van der Waals surface area contributed by atoms with Gasteiger partial charge in [0, 0.05) is 46.7 Å². The molecule has 1 rings (SSSR count). The summed E-state index contributed by atoms with van der Waals surface area (Å²) in [5.74, 6) is -0.594. The highest BCUT2D eigenvalue weighted by Gasteiger charge is 2.24. The molecule has 1 fully saturated rings. The molecule has 1 heterocycles. The van der Waals surface area contributed by atoms with Crippen molar-refractivity contribution in [3.8, 4) is 0 Å². The number of carbonyl (C=O) groups is 2. The Kier molecular flexibility index (Phi) is 6.24. The van der Waals surface area contributed by atoms with Gasteiger partial charge in [-0.05, 0) is 19.9 Å². The van der Waals surface area contributed by atoms with Gasteiger partial charge >= 0.3 is 5.97 Å². The molecule has 0 bridgehead atoms. The Hall–Kier alpha value is -1.14. The Morgan fingerprint density at radius 3 is 2.26 bits per heavy atom. The minimum Gasteiger partial charge on any atom is -0.480 e. The molecule has 6 heteroatoms. The fourth-order valence-corrected chi connectivity index (χ4v) is 2.21. The molecule has 1 amide bonds. The van der Waals surface area contributed by atoms with Crippen molar-refractivity contribution in [2.75, 3.05) is 46.8 Å². The van der Waals surface area contributed by atoms with Crippen LogP contribution in [0.4, 0.5) is 0 Å². The molecule has 1 N–H and O–H groups in total. The first-order valence-electron chi connectivity index (χ1n) is 6.81. The van der Waals surface area contributed by atoms with Crippen LogP contribution in [0.3, 0.4) is 0 Å². The predicted octanol–water partition coefficient (Wildman–Crippen LogP) is -0.0545. The van der Waals surface area contributed by atoms with Gasteiger partial charge in [0.1, 0.15) is 6.04 Å². The molecule has 0 aromatic heterocycles. The number of carbonyl (C=O) groups excluding carboxylic acids is 1. The van der Waals surface area contributed by atoms with E-state index in [0.717, 1.165) is 39.1 Å². The standard InChI is InChI=1S/C13H25N3O3/c1-11(13(18)19)16-9-7-15(8-10-16)6-4-5-12(17)14(2)3/h11H,4-10H2,1-3H3,(H,18,19). The van der Waals surface area contributed by atoms with Gasteiger partial charge in [-0.1, -0.05) is 0 Å². The first kappa shape index (κ1) is 15.9. The quantitative estimate of drug-likeness (QED) is 0.733. The zero-order chi connectivity index (χ0) is 14.4. The summed E-state index contributed by atoms with van der Waals surface area (Å²) in [5, 5.41) is 8.96. The first-order chi connectivity index (χ1) is 8.91. The van der Waals surface area contributed by atoms with E-state index in [9.17, 15) is 9.59 Å². The minimum atomic E-state index is -0.759. The topological polar surface area (TPSA) is 64.1 Å². The van der Waals surface area contributed by atoms with Crippen LogP contribution < -0.4 is 0 Å². The van der Waals surface area contributed by atoms with Crippen molar-refractivity contribution in [3.05, 3.63) is 0 Å². The van der Waals surface area contributed by atoms with Crippen LogP contribution in [0.5, 0.6) is 0 Å². The second-order valence-electron chi connectivity index (χ2n) is 5.28. The van der Waals surface area contributed by atoms with Crippen molar-refractivity contribution >= 4 is 11.9 Å². The molecule has 1 atom stereocenters. The molecule has 0 aromatic rings. The van der Waals surface area contributed by atoms with Gasteiger partial charge in [0.05, 0.1) is 0 Å². The number of amides is 1. The minimum absolute atomic E-state index is 0.165. The van der Waals surface area contributed by atoms with Gasteiger partial charge in [-0.15, -0.1) is 0 Å². The van der Waals surface area contributed by atoms with Gasteiger partial charge in [-0.25, -0.2) is 0 Å². The lowest BCUT2D eigenvalue weighted by atomic mass is 10.2. The number of hydrogen-bond donors (Lipinski definition) is 1. The summed E-state index contributed by atoms with van der Waals surface area (Å²) in [7, 11) is 3.54. The molecular formula is C13H25N3O3. The Bertz CT molecular complexity index is 312. The van der Waals surface area contributed by atoms with E-state index in [4.69, 9.17) is 5.11 Å². The van der Waals surface area contributed by atoms with Crippen LogP contribution in [0.25, 0.3) is 0 Å². The Balaban J connectivity index is 2.20. The molecule has 0 aromatic carbocycles. The maximum atomic E-state index is 11.4. The van der Waals surface area contributed by atoms with Crippen LogP contribution in [-0.2, 0) is 9.59 Å². The van der Waals surface area contributed by atoms with E-state index in [1.807, 2.05) is 4.90 Å². The van der Waals surface area contributed by atoms with Crippen molar-refractivity contribution in [1.82, 2.24) is 14.7 Å². The lowest BCUT2D eigenvalue weighted by Crippen LogP contribution is -2.51. The van der Waals surface area contributed by atoms with E-state index in [-0.39, 0.29) is 5.91 Å². The van der Waals surface area contributed by atoms with Gasteiger partial charge in [0.15, 0.2) is 0 Å². The van der Waals surface area contributed by atoms with Crippen molar-refractivity contribution < 1.29 is 14.7 Å². The van der Waals surface area contributed by atoms with Crippen molar-refractivity contribution in [3.63, 3.8) is 0 Å².